The molecule has 0 bridgehead atoms. The van der Waals surface area contributed by atoms with Gasteiger partial charge in [-0.25, -0.2) is 0 Å². The molecule has 0 saturated carbocycles. The molecule has 134 valence electrons. The van der Waals surface area contributed by atoms with Crippen LogP contribution in [0.1, 0.15) is 33.6 Å². The van der Waals surface area contributed by atoms with Crippen molar-refractivity contribution < 1.29 is 14.4 Å². The van der Waals surface area contributed by atoms with Gasteiger partial charge in [-0.1, -0.05) is 23.2 Å². The number of halogens is 2. The zero-order valence-corrected chi connectivity index (χ0v) is 15.1. The second kappa shape index (κ2) is 7.76. The predicted octanol–water partition coefficient (Wildman–Crippen LogP) is 3.20. The summed E-state index contributed by atoms with van der Waals surface area (Å²) in [5, 5.41) is 0.924. The standard InChI is InChI=1S/C18H15Cl2N3O3/c19-12-5-3-11(4-6-12)17(25)21-22-18(26)14-8-7-13(20)10-15(14)23-9-1-2-16(23)24/h3-8,10H,1-2,9H2,(H,21,25)(H,22,26). The Morgan fingerprint density at radius 2 is 1.58 bits per heavy atom. The Bertz CT molecular complexity index is 868. The van der Waals surface area contributed by atoms with Gasteiger partial charge in [-0.05, 0) is 48.9 Å². The van der Waals surface area contributed by atoms with Crippen LogP contribution in [0.15, 0.2) is 42.5 Å². The highest BCUT2D eigenvalue weighted by Crippen LogP contribution is 2.28. The van der Waals surface area contributed by atoms with E-state index in [-0.39, 0.29) is 11.5 Å². The second-order valence-corrected chi connectivity index (χ2v) is 6.60. The summed E-state index contributed by atoms with van der Waals surface area (Å²) >= 11 is 11.8. The van der Waals surface area contributed by atoms with E-state index < -0.39 is 11.8 Å². The van der Waals surface area contributed by atoms with E-state index in [1.807, 2.05) is 0 Å². The molecule has 26 heavy (non-hydrogen) atoms. The summed E-state index contributed by atoms with van der Waals surface area (Å²) in [5.41, 5.74) is 5.73. The Morgan fingerprint density at radius 1 is 0.923 bits per heavy atom. The van der Waals surface area contributed by atoms with Crippen LogP contribution in [-0.2, 0) is 4.79 Å². The van der Waals surface area contributed by atoms with Crippen molar-refractivity contribution in [1.29, 1.82) is 0 Å². The number of nitrogens with zero attached hydrogens (tertiary/aromatic N) is 1. The topological polar surface area (TPSA) is 78.5 Å². The second-order valence-electron chi connectivity index (χ2n) is 5.73. The van der Waals surface area contributed by atoms with Crippen molar-refractivity contribution in [3.8, 4) is 0 Å². The minimum absolute atomic E-state index is 0.0634. The molecule has 3 rings (SSSR count). The van der Waals surface area contributed by atoms with Crippen molar-refractivity contribution in [2.24, 2.45) is 0 Å². The number of carbonyl (C=O) groups excluding carboxylic acids is 3. The van der Waals surface area contributed by atoms with Crippen molar-refractivity contribution >= 4 is 46.6 Å². The fourth-order valence-electron chi connectivity index (χ4n) is 2.68. The quantitative estimate of drug-likeness (QED) is 0.788. The van der Waals surface area contributed by atoms with E-state index in [4.69, 9.17) is 23.2 Å². The third kappa shape index (κ3) is 3.98. The lowest BCUT2D eigenvalue weighted by molar-refractivity contribution is -0.117. The average molecular weight is 392 g/mol. The Labute approximate surface area is 160 Å². The first-order valence-corrected chi connectivity index (χ1v) is 8.67. The zero-order valence-electron chi connectivity index (χ0n) is 13.6. The van der Waals surface area contributed by atoms with Crippen LogP contribution in [0.3, 0.4) is 0 Å². The molecule has 2 aromatic rings. The normalized spacial score (nSPS) is 13.6. The number of nitrogens with one attached hydrogen (secondary N) is 2. The van der Waals surface area contributed by atoms with E-state index in [0.29, 0.717) is 34.3 Å². The molecule has 6 nitrogen and oxygen atoms in total. The summed E-state index contributed by atoms with van der Waals surface area (Å²) in [4.78, 5) is 38.1. The first kappa shape index (κ1) is 18.2. The molecule has 8 heteroatoms. The highest BCUT2D eigenvalue weighted by atomic mass is 35.5. The summed E-state index contributed by atoms with van der Waals surface area (Å²) < 4.78 is 0. The summed E-state index contributed by atoms with van der Waals surface area (Å²) in [6.07, 6.45) is 1.15. The lowest BCUT2D eigenvalue weighted by Crippen LogP contribution is -2.42. The monoisotopic (exact) mass is 391 g/mol. The molecule has 1 aliphatic heterocycles. The van der Waals surface area contributed by atoms with E-state index >= 15 is 0 Å². The van der Waals surface area contributed by atoms with Crippen LogP contribution in [0.25, 0.3) is 0 Å². The van der Waals surface area contributed by atoms with E-state index in [1.54, 1.807) is 36.4 Å². The molecule has 0 radical (unpaired) electrons. The highest BCUT2D eigenvalue weighted by Gasteiger charge is 2.26. The van der Waals surface area contributed by atoms with Gasteiger partial charge in [0.15, 0.2) is 0 Å². The predicted molar refractivity (Wildman–Crippen MR) is 99.4 cm³/mol. The number of hydrazine groups is 1. The molecular weight excluding hydrogens is 377 g/mol. The molecule has 0 spiro atoms. The SMILES string of the molecule is O=C(NNC(=O)c1ccc(Cl)cc1N1CCCC1=O)c1ccc(Cl)cc1. The molecule has 0 aromatic heterocycles. The molecule has 1 heterocycles. The van der Waals surface area contributed by atoms with Crippen molar-refractivity contribution in [1.82, 2.24) is 10.9 Å². The van der Waals surface area contributed by atoms with Gasteiger partial charge in [-0.3, -0.25) is 25.2 Å². The molecule has 2 aromatic carbocycles. The maximum absolute atomic E-state index is 12.5. The summed E-state index contributed by atoms with van der Waals surface area (Å²) in [6, 6.07) is 10.9. The average Bonchev–Trinajstić information content (AvgIpc) is 3.05. The maximum Gasteiger partial charge on any atom is 0.271 e. The van der Waals surface area contributed by atoms with E-state index in [9.17, 15) is 14.4 Å². The van der Waals surface area contributed by atoms with E-state index in [0.717, 1.165) is 6.42 Å². The van der Waals surface area contributed by atoms with Crippen LogP contribution < -0.4 is 15.8 Å². The minimum Gasteiger partial charge on any atom is -0.312 e. The number of amides is 3. The van der Waals surface area contributed by atoms with Crippen LogP contribution >= 0.6 is 23.2 Å². The maximum atomic E-state index is 12.5. The molecule has 1 saturated heterocycles. The largest absolute Gasteiger partial charge is 0.312 e. The highest BCUT2D eigenvalue weighted by molar-refractivity contribution is 6.31. The summed E-state index contributed by atoms with van der Waals surface area (Å²) in [7, 11) is 0. The fraction of sp³-hybridized carbons (Fsp3) is 0.167. The number of hydrogen-bond acceptors (Lipinski definition) is 3. The van der Waals surface area contributed by atoms with Crippen molar-refractivity contribution in [2.45, 2.75) is 12.8 Å². The fourth-order valence-corrected chi connectivity index (χ4v) is 2.97. The number of anilines is 1. The molecule has 0 aliphatic carbocycles. The third-order valence-corrected chi connectivity index (χ3v) is 4.45. The molecule has 3 amide bonds. The van der Waals surface area contributed by atoms with Gasteiger partial charge in [0.25, 0.3) is 11.8 Å². The van der Waals surface area contributed by atoms with Gasteiger partial charge in [0.05, 0.1) is 11.3 Å². The van der Waals surface area contributed by atoms with Gasteiger partial charge in [0.1, 0.15) is 0 Å². The molecule has 2 N–H and O–H groups in total. The smallest absolute Gasteiger partial charge is 0.271 e. The number of rotatable bonds is 3. The van der Waals surface area contributed by atoms with Gasteiger partial charge in [0.2, 0.25) is 5.91 Å². The van der Waals surface area contributed by atoms with Crippen molar-refractivity contribution in [2.75, 3.05) is 11.4 Å². The van der Waals surface area contributed by atoms with Gasteiger partial charge >= 0.3 is 0 Å². The molecular formula is C18H15Cl2N3O3. The zero-order chi connectivity index (χ0) is 18.7. The molecule has 0 unspecified atom stereocenters. The molecule has 1 aliphatic rings. The number of hydrogen-bond donors (Lipinski definition) is 2. The van der Waals surface area contributed by atoms with E-state index in [1.165, 1.54) is 11.0 Å². The summed E-state index contributed by atoms with van der Waals surface area (Å²) in [6.45, 7) is 0.524. The van der Waals surface area contributed by atoms with Crippen LogP contribution in [0, 0.1) is 0 Å². The van der Waals surface area contributed by atoms with Crippen molar-refractivity contribution in [3.05, 3.63) is 63.6 Å². The van der Waals surface area contributed by atoms with Crippen molar-refractivity contribution in [3.63, 3.8) is 0 Å². The minimum atomic E-state index is -0.543. The molecule has 0 atom stereocenters. The Balaban J connectivity index is 1.74. The van der Waals surface area contributed by atoms with Gasteiger partial charge < -0.3 is 4.90 Å². The lowest BCUT2D eigenvalue weighted by atomic mass is 10.1. The van der Waals surface area contributed by atoms with Crippen LogP contribution in [0.2, 0.25) is 10.0 Å². The van der Waals surface area contributed by atoms with Gasteiger partial charge in [-0.15, -0.1) is 0 Å². The lowest BCUT2D eigenvalue weighted by Gasteiger charge is -2.20. The van der Waals surface area contributed by atoms with Crippen LogP contribution in [-0.4, -0.2) is 24.3 Å². The Morgan fingerprint density at radius 3 is 2.23 bits per heavy atom. The Kier molecular flexibility index (Phi) is 5.44. The first-order valence-electron chi connectivity index (χ1n) is 7.92. The Hall–Kier alpha value is -2.57. The van der Waals surface area contributed by atoms with E-state index in [2.05, 4.69) is 10.9 Å². The summed E-state index contributed by atoms with van der Waals surface area (Å²) in [5.74, 6) is -1.09. The third-order valence-electron chi connectivity index (χ3n) is 3.96. The van der Waals surface area contributed by atoms with Gasteiger partial charge in [0, 0.05) is 28.6 Å². The number of carbonyl (C=O) groups is 3. The van der Waals surface area contributed by atoms with Crippen LogP contribution in [0.5, 0.6) is 0 Å². The molecule has 1 fully saturated rings. The van der Waals surface area contributed by atoms with Gasteiger partial charge in [-0.2, -0.15) is 0 Å². The number of benzene rings is 2. The first-order chi connectivity index (χ1) is 12.5. The van der Waals surface area contributed by atoms with Crippen LogP contribution in [0.4, 0.5) is 5.69 Å².